The predicted molar refractivity (Wildman–Crippen MR) is 84.4 cm³/mol. The lowest BCUT2D eigenvalue weighted by atomic mass is 10.2. The standard InChI is InChI=1S/C10H13ClN2O.C3H9N.CH2O/c1-12-6-7-13-10(14)8-2-4-9(11)5-3-8;1-3-4-2;1-2/h2-5,12H,6-7H2,1H3,(H,13,14);4H,3H2,1-2H3;1H2. The van der Waals surface area contributed by atoms with Crippen LogP contribution in [-0.4, -0.2) is 46.4 Å². The summed E-state index contributed by atoms with van der Waals surface area (Å²) >= 11 is 5.70. The number of carbonyl (C=O) groups is 2. The average molecular weight is 302 g/mol. The van der Waals surface area contributed by atoms with Crippen LogP contribution in [0.15, 0.2) is 24.3 Å². The smallest absolute Gasteiger partial charge is 0.251 e. The van der Waals surface area contributed by atoms with Crippen molar-refractivity contribution < 1.29 is 9.59 Å². The van der Waals surface area contributed by atoms with Crippen molar-refractivity contribution in [2.45, 2.75) is 6.92 Å². The van der Waals surface area contributed by atoms with Crippen molar-refractivity contribution in [3.8, 4) is 0 Å². The Morgan fingerprint density at radius 3 is 2.00 bits per heavy atom. The van der Waals surface area contributed by atoms with Gasteiger partial charge in [0.05, 0.1) is 0 Å². The summed E-state index contributed by atoms with van der Waals surface area (Å²) in [5.74, 6) is -0.0723. The molecular weight excluding hydrogens is 278 g/mol. The van der Waals surface area contributed by atoms with Gasteiger partial charge < -0.3 is 20.7 Å². The minimum absolute atomic E-state index is 0.0723. The molecule has 0 aromatic heterocycles. The van der Waals surface area contributed by atoms with Crippen LogP contribution in [-0.2, 0) is 4.79 Å². The van der Waals surface area contributed by atoms with Crippen molar-refractivity contribution in [2.75, 3.05) is 33.7 Å². The maximum absolute atomic E-state index is 11.4. The van der Waals surface area contributed by atoms with Crippen LogP contribution in [0.25, 0.3) is 0 Å². The quantitative estimate of drug-likeness (QED) is 0.718. The minimum Gasteiger partial charge on any atom is -0.351 e. The van der Waals surface area contributed by atoms with Gasteiger partial charge in [-0.05, 0) is 44.9 Å². The van der Waals surface area contributed by atoms with Gasteiger partial charge in [-0.3, -0.25) is 4.79 Å². The highest BCUT2D eigenvalue weighted by Gasteiger charge is 2.02. The number of hydrogen-bond acceptors (Lipinski definition) is 4. The lowest BCUT2D eigenvalue weighted by molar-refractivity contribution is -0.0979. The molecule has 0 unspecified atom stereocenters. The van der Waals surface area contributed by atoms with E-state index in [0.717, 1.165) is 13.1 Å². The van der Waals surface area contributed by atoms with Gasteiger partial charge in [0, 0.05) is 23.7 Å². The molecule has 0 saturated heterocycles. The Kier molecular flexibility index (Phi) is 16.3. The molecule has 6 heteroatoms. The van der Waals surface area contributed by atoms with Crippen molar-refractivity contribution in [3.63, 3.8) is 0 Å². The van der Waals surface area contributed by atoms with Gasteiger partial charge in [0.2, 0.25) is 0 Å². The molecule has 0 fully saturated rings. The molecular formula is C14H24ClN3O2. The fourth-order valence-electron chi connectivity index (χ4n) is 1.00. The molecule has 0 aliphatic carbocycles. The molecule has 1 amide bonds. The molecule has 0 aliphatic heterocycles. The largest absolute Gasteiger partial charge is 0.351 e. The maximum Gasteiger partial charge on any atom is 0.251 e. The van der Waals surface area contributed by atoms with Gasteiger partial charge in [0.15, 0.2) is 0 Å². The van der Waals surface area contributed by atoms with Crippen molar-refractivity contribution in [1.82, 2.24) is 16.0 Å². The van der Waals surface area contributed by atoms with Crippen molar-refractivity contribution in [1.29, 1.82) is 0 Å². The number of halogens is 1. The first kappa shape index (κ1) is 20.9. The number of rotatable bonds is 5. The number of carbonyl (C=O) groups excluding carboxylic acids is 2. The molecule has 1 aromatic rings. The zero-order valence-corrected chi connectivity index (χ0v) is 13.1. The number of benzene rings is 1. The van der Waals surface area contributed by atoms with Gasteiger partial charge >= 0.3 is 0 Å². The first-order valence-electron chi connectivity index (χ1n) is 6.27. The molecule has 0 atom stereocenters. The first-order chi connectivity index (χ1) is 9.65. The molecule has 3 N–H and O–H groups in total. The Labute approximate surface area is 126 Å². The van der Waals surface area contributed by atoms with Crippen LogP contribution in [0.3, 0.4) is 0 Å². The van der Waals surface area contributed by atoms with Crippen LogP contribution >= 0.6 is 11.6 Å². The molecule has 1 aromatic carbocycles. The number of amides is 1. The Morgan fingerprint density at radius 1 is 1.10 bits per heavy atom. The Morgan fingerprint density at radius 2 is 1.60 bits per heavy atom. The first-order valence-corrected chi connectivity index (χ1v) is 6.65. The second kappa shape index (κ2) is 15.6. The molecule has 20 heavy (non-hydrogen) atoms. The summed E-state index contributed by atoms with van der Waals surface area (Å²) in [7, 11) is 3.77. The zero-order chi connectivity index (χ0) is 15.8. The third-order valence-corrected chi connectivity index (χ3v) is 2.37. The summed E-state index contributed by atoms with van der Waals surface area (Å²) < 4.78 is 0. The van der Waals surface area contributed by atoms with Crippen molar-refractivity contribution >= 4 is 24.3 Å². The average Bonchev–Trinajstić information content (AvgIpc) is 2.50. The van der Waals surface area contributed by atoms with E-state index in [0.29, 0.717) is 17.1 Å². The van der Waals surface area contributed by atoms with E-state index in [4.69, 9.17) is 16.4 Å². The van der Waals surface area contributed by atoms with E-state index in [9.17, 15) is 4.79 Å². The van der Waals surface area contributed by atoms with Crippen LogP contribution in [0.2, 0.25) is 5.02 Å². The summed E-state index contributed by atoms with van der Waals surface area (Å²) in [6, 6.07) is 6.82. The van der Waals surface area contributed by atoms with E-state index >= 15 is 0 Å². The Hall–Kier alpha value is -1.43. The Bertz CT molecular complexity index is 343. The van der Waals surface area contributed by atoms with Gasteiger partial charge in [-0.2, -0.15) is 0 Å². The van der Waals surface area contributed by atoms with Gasteiger partial charge in [-0.1, -0.05) is 18.5 Å². The second-order valence-corrected chi connectivity index (χ2v) is 4.01. The third kappa shape index (κ3) is 11.6. The van der Waals surface area contributed by atoms with Crippen LogP contribution in [0.5, 0.6) is 0 Å². The monoisotopic (exact) mass is 301 g/mol. The van der Waals surface area contributed by atoms with Gasteiger partial charge in [-0.15, -0.1) is 0 Å². The van der Waals surface area contributed by atoms with Crippen LogP contribution < -0.4 is 16.0 Å². The Balaban J connectivity index is 0. The topological polar surface area (TPSA) is 70.2 Å². The van der Waals surface area contributed by atoms with E-state index in [1.54, 1.807) is 24.3 Å². The van der Waals surface area contributed by atoms with Crippen LogP contribution in [0.4, 0.5) is 0 Å². The van der Waals surface area contributed by atoms with Gasteiger partial charge in [-0.25, -0.2) is 0 Å². The van der Waals surface area contributed by atoms with Crippen LogP contribution in [0, 0.1) is 0 Å². The summed E-state index contributed by atoms with van der Waals surface area (Å²) in [5, 5.41) is 9.29. The highest BCUT2D eigenvalue weighted by molar-refractivity contribution is 6.30. The molecule has 5 nitrogen and oxygen atoms in total. The van der Waals surface area contributed by atoms with E-state index < -0.39 is 0 Å². The molecule has 0 heterocycles. The summed E-state index contributed by atoms with van der Waals surface area (Å²) in [5.41, 5.74) is 0.630. The molecule has 0 spiro atoms. The lowest BCUT2D eigenvalue weighted by Crippen LogP contribution is -2.30. The van der Waals surface area contributed by atoms with Crippen LogP contribution in [0.1, 0.15) is 17.3 Å². The predicted octanol–water partition coefficient (Wildman–Crippen LogP) is 1.33. The number of nitrogens with one attached hydrogen (secondary N) is 3. The molecule has 0 bridgehead atoms. The molecule has 1 rings (SSSR count). The molecule has 114 valence electrons. The summed E-state index contributed by atoms with van der Waals surface area (Å²) in [6.45, 7) is 6.53. The van der Waals surface area contributed by atoms with Gasteiger partial charge in [0.1, 0.15) is 6.79 Å². The highest BCUT2D eigenvalue weighted by Crippen LogP contribution is 2.08. The number of hydrogen-bond donors (Lipinski definition) is 3. The van der Waals surface area contributed by atoms with Gasteiger partial charge in [0.25, 0.3) is 5.91 Å². The maximum atomic E-state index is 11.4. The molecule has 0 saturated carbocycles. The molecule has 0 aliphatic rings. The molecule has 0 radical (unpaired) electrons. The van der Waals surface area contributed by atoms with E-state index in [-0.39, 0.29) is 5.91 Å². The van der Waals surface area contributed by atoms with E-state index in [2.05, 4.69) is 22.9 Å². The lowest BCUT2D eigenvalue weighted by Gasteiger charge is -2.04. The number of likely N-dealkylation sites (N-methyl/N-ethyl adjacent to an activating group) is 1. The summed E-state index contributed by atoms with van der Waals surface area (Å²) in [4.78, 5) is 19.4. The van der Waals surface area contributed by atoms with E-state index in [1.807, 2.05) is 20.9 Å². The normalized spacial score (nSPS) is 8.60. The third-order valence-electron chi connectivity index (χ3n) is 2.12. The fraction of sp³-hybridized carbons (Fsp3) is 0.429. The minimum atomic E-state index is -0.0723. The SMILES string of the molecule is C=O.CCNC.CNCCNC(=O)c1ccc(Cl)cc1. The van der Waals surface area contributed by atoms with Crippen molar-refractivity contribution in [3.05, 3.63) is 34.9 Å². The highest BCUT2D eigenvalue weighted by atomic mass is 35.5. The van der Waals surface area contributed by atoms with E-state index in [1.165, 1.54) is 0 Å². The zero-order valence-electron chi connectivity index (χ0n) is 12.3. The second-order valence-electron chi connectivity index (χ2n) is 3.57. The summed E-state index contributed by atoms with van der Waals surface area (Å²) in [6.07, 6.45) is 0. The van der Waals surface area contributed by atoms with Crippen molar-refractivity contribution in [2.24, 2.45) is 0 Å². The fourth-order valence-corrected chi connectivity index (χ4v) is 1.13.